The van der Waals surface area contributed by atoms with Crippen LogP contribution in [0.5, 0.6) is 0 Å². The zero-order valence-electron chi connectivity index (χ0n) is 7.84. The molecule has 3 heteroatoms. The lowest BCUT2D eigenvalue weighted by atomic mass is 10.2. The first kappa shape index (κ1) is 10.2. The van der Waals surface area contributed by atoms with E-state index in [1.807, 2.05) is 18.2 Å². The van der Waals surface area contributed by atoms with Crippen molar-refractivity contribution in [3.05, 3.63) is 47.8 Å². The minimum absolute atomic E-state index is 0.683. The number of aromatic nitrogens is 1. The molecule has 0 atom stereocenters. The fourth-order valence-electron chi connectivity index (χ4n) is 0.934. The highest BCUT2D eigenvalue weighted by Gasteiger charge is 1.89. The second-order valence-electron chi connectivity index (χ2n) is 2.81. The number of rotatable bonds is 3. The molecule has 1 heterocycles. The third-order valence-corrected chi connectivity index (χ3v) is 1.56. The van der Waals surface area contributed by atoms with Gasteiger partial charge in [-0.3, -0.25) is 4.98 Å². The van der Waals surface area contributed by atoms with Gasteiger partial charge in [0.2, 0.25) is 0 Å². The lowest BCUT2D eigenvalue weighted by Gasteiger charge is -1.91. The molecule has 14 heavy (non-hydrogen) atoms. The number of carboxylic acid groups (broad SMARTS) is 1. The van der Waals surface area contributed by atoms with Crippen LogP contribution in [0.4, 0.5) is 0 Å². The summed E-state index contributed by atoms with van der Waals surface area (Å²) < 4.78 is 0. The van der Waals surface area contributed by atoms with Crippen LogP contribution in [-0.2, 0) is 4.79 Å². The largest absolute Gasteiger partial charge is 0.478 e. The van der Waals surface area contributed by atoms with Crippen LogP contribution in [-0.4, -0.2) is 16.1 Å². The van der Waals surface area contributed by atoms with Gasteiger partial charge in [0.15, 0.2) is 0 Å². The lowest BCUT2D eigenvalue weighted by Crippen LogP contribution is -1.87. The number of allylic oxidation sites excluding steroid dienone is 2. The van der Waals surface area contributed by atoms with E-state index in [1.54, 1.807) is 25.3 Å². The Hall–Kier alpha value is -1.90. The first-order valence-electron chi connectivity index (χ1n) is 4.19. The summed E-state index contributed by atoms with van der Waals surface area (Å²) in [4.78, 5) is 14.4. The van der Waals surface area contributed by atoms with E-state index in [9.17, 15) is 4.79 Å². The standard InChI is InChI=1S/C11H11NO2/c1-9(8-11(13)14)5-6-10-4-2-3-7-12-10/h2-8H,1H3,(H,13,14)/b6-5+,9-8-. The van der Waals surface area contributed by atoms with E-state index >= 15 is 0 Å². The molecule has 0 aliphatic heterocycles. The van der Waals surface area contributed by atoms with Crippen molar-refractivity contribution in [2.45, 2.75) is 6.92 Å². The predicted octanol–water partition coefficient (Wildman–Crippen LogP) is 2.13. The van der Waals surface area contributed by atoms with Crippen molar-refractivity contribution >= 4 is 12.0 Å². The van der Waals surface area contributed by atoms with Crippen LogP contribution < -0.4 is 0 Å². The Bertz CT molecular complexity index is 366. The molecule has 0 saturated carbocycles. The Morgan fingerprint density at radius 1 is 1.50 bits per heavy atom. The maximum absolute atomic E-state index is 10.3. The molecule has 0 saturated heterocycles. The Labute approximate surface area is 82.4 Å². The number of carbonyl (C=O) groups is 1. The summed E-state index contributed by atoms with van der Waals surface area (Å²) in [6, 6.07) is 5.56. The second kappa shape index (κ2) is 4.97. The van der Waals surface area contributed by atoms with Gasteiger partial charge in [-0.25, -0.2) is 4.79 Å². The first-order chi connectivity index (χ1) is 6.68. The van der Waals surface area contributed by atoms with Crippen LogP contribution in [0.2, 0.25) is 0 Å². The molecule has 72 valence electrons. The maximum Gasteiger partial charge on any atom is 0.328 e. The maximum atomic E-state index is 10.3. The van der Waals surface area contributed by atoms with Gasteiger partial charge < -0.3 is 5.11 Å². The third kappa shape index (κ3) is 3.67. The molecule has 0 radical (unpaired) electrons. The van der Waals surface area contributed by atoms with E-state index in [1.165, 1.54) is 0 Å². The van der Waals surface area contributed by atoms with E-state index < -0.39 is 5.97 Å². The molecule has 0 aliphatic rings. The van der Waals surface area contributed by atoms with Crippen LogP contribution >= 0.6 is 0 Å². The van der Waals surface area contributed by atoms with Crippen molar-refractivity contribution in [2.75, 3.05) is 0 Å². The van der Waals surface area contributed by atoms with Gasteiger partial charge in [0, 0.05) is 12.3 Å². The van der Waals surface area contributed by atoms with Crippen LogP contribution in [0.3, 0.4) is 0 Å². The molecule has 0 spiro atoms. The van der Waals surface area contributed by atoms with Crippen LogP contribution in [0.15, 0.2) is 42.1 Å². The summed E-state index contributed by atoms with van der Waals surface area (Å²) in [6.07, 6.45) is 6.33. The van der Waals surface area contributed by atoms with E-state index in [0.717, 1.165) is 11.8 Å². The molecule has 1 aromatic heterocycles. The highest BCUT2D eigenvalue weighted by atomic mass is 16.4. The van der Waals surface area contributed by atoms with Gasteiger partial charge in [-0.15, -0.1) is 0 Å². The van der Waals surface area contributed by atoms with Crippen molar-refractivity contribution in [1.82, 2.24) is 4.98 Å². The highest BCUT2D eigenvalue weighted by molar-refractivity contribution is 5.81. The molecule has 0 aromatic carbocycles. The van der Waals surface area contributed by atoms with Gasteiger partial charge in [-0.2, -0.15) is 0 Å². The molecule has 0 fully saturated rings. The van der Waals surface area contributed by atoms with Crippen LogP contribution in [0.1, 0.15) is 12.6 Å². The van der Waals surface area contributed by atoms with Gasteiger partial charge in [-0.1, -0.05) is 12.1 Å². The van der Waals surface area contributed by atoms with Crippen molar-refractivity contribution in [2.24, 2.45) is 0 Å². The number of hydrogen-bond donors (Lipinski definition) is 1. The fraction of sp³-hybridized carbons (Fsp3) is 0.0909. The van der Waals surface area contributed by atoms with Crippen molar-refractivity contribution in [3.63, 3.8) is 0 Å². The number of nitrogens with zero attached hydrogens (tertiary/aromatic N) is 1. The molecule has 3 nitrogen and oxygen atoms in total. The zero-order valence-corrected chi connectivity index (χ0v) is 7.84. The smallest absolute Gasteiger partial charge is 0.328 e. The molecule has 0 aliphatic carbocycles. The number of carboxylic acids is 1. The molecular weight excluding hydrogens is 178 g/mol. The molecule has 1 N–H and O–H groups in total. The van der Waals surface area contributed by atoms with Gasteiger partial charge in [0.1, 0.15) is 0 Å². The average Bonchev–Trinajstić information content (AvgIpc) is 2.15. The first-order valence-corrected chi connectivity index (χ1v) is 4.19. The highest BCUT2D eigenvalue weighted by Crippen LogP contribution is 2.01. The minimum Gasteiger partial charge on any atom is -0.478 e. The number of aliphatic carboxylic acids is 1. The van der Waals surface area contributed by atoms with Crippen LogP contribution in [0.25, 0.3) is 6.08 Å². The summed E-state index contributed by atoms with van der Waals surface area (Å²) in [6.45, 7) is 1.73. The van der Waals surface area contributed by atoms with Gasteiger partial charge in [0.05, 0.1) is 5.69 Å². The van der Waals surface area contributed by atoms with Crippen molar-refractivity contribution in [3.8, 4) is 0 Å². The molecule has 0 unspecified atom stereocenters. The Kier molecular flexibility index (Phi) is 3.61. The second-order valence-corrected chi connectivity index (χ2v) is 2.81. The minimum atomic E-state index is -0.937. The lowest BCUT2D eigenvalue weighted by molar-refractivity contribution is -0.131. The van der Waals surface area contributed by atoms with E-state index in [-0.39, 0.29) is 0 Å². The van der Waals surface area contributed by atoms with Crippen molar-refractivity contribution < 1.29 is 9.90 Å². The Morgan fingerprint density at radius 2 is 2.29 bits per heavy atom. The van der Waals surface area contributed by atoms with Gasteiger partial charge in [0.25, 0.3) is 0 Å². The molecule has 0 amide bonds. The SMILES string of the molecule is CC(=C/C(=O)O)/C=C/c1ccccn1. The average molecular weight is 189 g/mol. The summed E-state index contributed by atoms with van der Waals surface area (Å²) in [5, 5.41) is 8.46. The summed E-state index contributed by atoms with van der Waals surface area (Å²) in [7, 11) is 0. The van der Waals surface area contributed by atoms with E-state index in [2.05, 4.69) is 4.98 Å². The van der Waals surface area contributed by atoms with Gasteiger partial charge in [-0.05, 0) is 30.7 Å². The molecule has 0 bridgehead atoms. The van der Waals surface area contributed by atoms with E-state index in [0.29, 0.717) is 5.57 Å². The predicted molar refractivity (Wildman–Crippen MR) is 54.7 cm³/mol. The van der Waals surface area contributed by atoms with Crippen molar-refractivity contribution in [1.29, 1.82) is 0 Å². The van der Waals surface area contributed by atoms with Crippen LogP contribution in [0, 0.1) is 0 Å². The summed E-state index contributed by atoms with van der Waals surface area (Å²) in [5.74, 6) is -0.937. The van der Waals surface area contributed by atoms with E-state index in [4.69, 9.17) is 5.11 Å². The summed E-state index contributed by atoms with van der Waals surface area (Å²) in [5.41, 5.74) is 1.49. The Balaban J connectivity index is 2.70. The molecule has 1 aromatic rings. The Morgan fingerprint density at radius 3 is 2.86 bits per heavy atom. The third-order valence-electron chi connectivity index (χ3n) is 1.56. The molecular formula is C11H11NO2. The number of pyridine rings is 1. The number of hydrogen-bond acceptors (Lipinski definition) is 2. The zero-order chi connectivity index (χ0) is 10.4. The summed E-state index contributed by atoms with van der Waals surface area (Å²) >= 11 is 0. The quantitative estimate of drug-likeness (QED) is 0.585. The van der Waals surface area contributed by atoms with Gasteiger partial charge >= 0.3 is 5.97 Å². The monoisotopic (exact) mass is 189 g/mol. The molecule has 1 rings (SSSR count). The normalized spacial score (nSPS) is 11.9. The topological polar surface area (TPSA) is 50.2 Å². The fourth-order valence-corrected chi connectivity index (χ4v) is 0.934.